The van der Waals surface area contributed by atoms with Crippen molar-refractivity contribution in [3.63, 3.8) is 0 Å². The Balaban J connectivity index is 0.000000240. The summed E-state index contributed by atoms with van der Waals surface area (Å²) in [5.41, 5.74) is 0.613. The number of carbonyl (C=O) groups is 2. The standard InChI is InChI=1S/2C17H17F2NO2/c2*1-2-3-10-22-14-7-4-12(5-8-14)17(21)20-16-9-6-13(18)11-15(16)19/h2*4-9,11H,2-3,10H2,1H3,(H,20,21). The highest BCUT2D eigenvalue weighted by molar-refractivity contribution is 6.05. The summed E-state index contributed by atoms with van der Waals surface area (Å²) in [6, 6.07) is 19.1. The number of unbranched alkanes of at least 4 members (excludes halogenated alkanes) is 2. The van der Waals surface area contributed by atoms with Crippen LogP contribution < -0.4 is 20.1 Å². The van der Waals surface area contributed by atoms with Gasteiger partial charge in [-0.1, -0.05) is 26.7 Å². The molecule has 10 heteroatoms. The van der Waals surface area contributed by atoms with Gasteiger partial charge in [0.05, 0.1) is 24.6 Å². The maximum Gasteiger partial charge on any atom is 0.255 e. The third kappa shape index (κ3) is 10.8. The molecule has 0 heterocycles. The minimum absolute atomic E-state index is 0.0605. The fourth-order valence-electron chi connectivity index (χ4n) is 3.64. The first-order valence-corrected chi connectivity index (χ1v) is 14.2. The minimum atomic E-state index is -0.812. The van der Waals surface area contributed by atoms with E-state index in [1.54, 1.807) is 48.5 Å². The monoisotopic (exact) mass is 610 g/mol. The van der Waals surface area contributed by atoms with E-state index < -0.39 is 35.1 Å². The number of amides is 2. The number of nitrogens with one attached hydrogen (secondary N) is 2. The van der Waals surface area contributed by atoms with Crippen LogP contribution in [-0.4, -0.2) is 25.0 Å². The van der Waals surface area contributed by atoms with E-state index in [1.807, 2.05) is 0 Å². The molecule has 44 heavy (non-hydrogen) atoms. The summed E-state index contributed by atoms with van der Waals surface area (Å²) in [5, 5.41) is 4.81. The maximum absolute atomic E-state index is 13.5. The third-order valence-electron chi connectivity index (χ3n) is 6.12. The molecule has 4 aromatic rings. The summed E-state index contributed by atoms with van der Waals surface area (Å²) in [7, 11) is 0. The van der Waals surface area contributed by atoms with Gasteiger partial charge in [0.1, 0.15) is 34.8 Å². The van der Waals surface area contributed by atoms with Crippen LogP contribution in [0.5, 0.6) is 11.5 Å². The highest BCUT2D eigenvalue weighted by Crippen LogP contribution is 2.19. The number of hydrogen-bond donors (Lipinski definition) is 2. The summed E-state index contributed by atoms with van der Waals surface area (Å²) in [4.78, 5) is 24.0. The molecule has 0 unspecified atom stereocenters. The van der Waals surface area contributed by atoms with Gasteiger partial charge in [0.15, 0.2) is 0 Å². The number of anilines is 2. The van der Waals surface area contributed by atoms with Crippen LogP contribution in [0.1, 0.15) is 60.2 Å². The van der Waals surface area contributed by atoms with E-state index in [0.29, 0.717) is 35.8 Å². The Morgan fingerprint density at radius 1 is 0.568 bits per heavy atom. The quantitative estimate of drug-likeness (QED) is 0.124. The van der Waals surface area contributed by atoms with Crippen LogP contribution in [-0.2, 0) is 0 Å². The van der Waals surface area contributed by atoms with Gasteiger partial charge < -0.3 is 20.1 Å². The van der Waals surface area contributed by atoms with Crippen molar-refractivity contribution < 1.29 is 36.6 Å². The summed E-state index contributed by atoms with van der Waals surface area (Å²) < 4.78 is 63.6. The van der Waals surface area contributed by atoms with Crippen LogP contribution in [0, 0.1) is 23.3 Å². The zero-order valence-corrected chi connectivity index (χ0v) is 24.5. The van der Waals surface area contributed by atoms with E-state index in [4.69, 9.17) is 9.47 Å². The second-order valence-electron chi connectivity index (χ2n) is 9.61. The molecule has 0 aliphatic carbocycles. The van der Waals surface area contributed by atoms with E-state index in [0.717, 1.165) is 49.9 Å². The molecule has 0 aliphatic rings. The maximum atomic E-state index is 13.5. The molecule has 0 spiro atoms. The van der Waals surface area contributed by atoms with E-state index in [1.165, 1.54) is 12.1 Å². The molecule has 4 rings (SSSR count). The largest absolute Gasteiger partial charge is 0.494 e. The van der Waals surface area contributed by atoms with Gasteiger partial charge in [-0.05, 0) is 85.6 Å². The molecule has 0 bridgehead atoms. The van der Waals surface area contributed by atoms with Gasteiger partial charge in [-0.15, -0.1) is 0 Å². The molecule has 0 atom stereocenters. The number of benzene rings is 4. The number of hydrogen-bond acceptors (Lipinski definition) is 4. The molecule has 6 nitrogen and oxygen atoms in total. The first-order chi connectivity index (χ1) is 21.2. The second kappa shape index (κ2) is 17.3. The molecular weight excluding hydrogens is 576 g/mol. The molecule has 2 amide bonds. The van der Waals surface area contributed by atoms with Crippen molar-refractivity contribution in [1.82, 2.24) is 0 Å². The normalized spacial score (nSPS) is 10.3. The van der Waals surface area contributed by atoms with Crippen molar-refractivity contribution in [2.45, 2.75) is 39.5 Å². The Morgan fingerprint density at radius 3 is 1.25 bits per heavy atom. The van der Waals surface area contributed by atoms with Gasteiger partial charge in [-0.2, -0.15) is 0 Å². The Labute approximate surface area is 254 Å². The van der Waals surface area contributed by atoms with Crippen molar-refractivity contribution in [3.8, 4) is 11.5 Å². The van der Waals surface area contributed by atoms with Crippen LogP contribution >= 0.6 is 0 Å². The number of ether oxygens (including phenoxy) is 2. The third-order valence-corrected chi connectivity index (χ3v) is 6.12. The molecular formula is C34H34F4N2O4. The molecule has 0 aromatic heterocycles. The lowest BCUT2D eigenvalue weighted by molar-refractivity contribution is 0.101. The molecule has 0 saturated carbocycles. The van der Waals surface area contributed by atoms with Crippen molar-refractivity contribution in [2.24, 2.45) is 0 Å². The first kappa shape index (κ1) is 33.6. The zero-order chi connectivity index (χ0) is 31.9. The fraction of sp³-hybridized carbons (Fsp3) is 0.235. The smallest absolute Gasteiger partial charge is 0.255 e. The summed E-state index contributed by atoms with van der Waals surface area (Å²) in [6.07, 6.45) is 4.02. The Bertz CT molecular complexity index is 1400. The lowest BCUT2D eigenvalue weighted by Crippen LogP contribution is -2.13. The van der Waals surface area contributed by atoms with Crippen molar-refractivity contribution in [1.29, 1.82) is 0 Å². The van der Waals surface area contributed by atoms with E-state index in [2.05, 4.69) is 24.5 Å². The van der Waals surface area contributed by atoms with Crippen LogP contribution in [0.3, 0.4) is 0 Å². The summed E-state index contributed by atoms with van der Waals surface area (Å²) in [5.74, 6) is -2.58. The Morgan fingerprint density at radius 2 is 0.932 bits per heavy atom. The van der Waals surface area contributed by atoms with E-state index >= 15 is 0 Å². The van der Waals surface area contributed by atoms with Crippen molar-refractivity contribution >= 4 is 23.2 Å². The highest BCUT2D eigenvalue weighted by Gasteiger charge is 2.11. The minimum Gasteiger partial charge on any atom is -0.494 e. The Kier molecular flexibility index (Phi) is 13.2. The molecule has 0 fully saturated rings. The molecule has 0 saturated heterocycles. The summed E-state index contributed by atoms with van der Waals surface area (Å²) in [6.45, 7) is 5.41. The molecule has 2 N–H and O–H groups in total. The zero-order valence-electron chi connectivity index (χ0n) is 24.5. The average Bonchev–Trinajstić information content (AvgIpc) is 3.01. The van der Waals surface area contributed by atoms with Gasteiger partial charge >= 0.3 is 0 Å². The van der Waals surface area contributed by atoms with Crippen LogP contribution in [0.4, 0.5) is 28.9 Å². The predicted octanol–water partition coefficient (Wildman–Crippen LogP) is 8.79. The van der Waals surface area contributed by atoms with Crippen LogP contribution in [0.15, 0.2) is 84.9 Å². The summed E-state index contributed by atoms with van der Waals surface area (Å²) >= 11 is 0. The first-order valence-electron chi connectivity index (χ1n) is 14.2. The number of carbonyl (C=O) groups excluding carboxylic acids is 2. The van der Waals surface area contributed by atoms with E-state index in [9.17, 15) is 27.2 Å². The van der Waals surface area contributed by atoms with Gasteiger partial charge in [-0.3, -0.25) is 9.59 Å². The topological polar surface area (TPSA) is 76.7 Å². The van der Waals surface area contributed by atoms with Gasteiger partial charge in [0, 0.05) is 23.3 Å². The van der Waals surface area contributed by atoms with E-state index in [-0.39, 0.29) is 11.4 Å². The SMILES string of the molecule is CCCCOc1ccc(C(=O)Nc2ccc(F)cc2F)cc1.CCCCOc1ccc(C(=O)Nc2ccc(F)cc2F)cc1. The molecule has 0 radical (unpaired) electrons. The average molecular weight is 611 g/mol. The van der Waals surface area contributed by atoms with Gasteiger partial charge in [0.25, 0.3) is 11.8 Å². The second-order valence-corrected chi connectivity index (χ2v) is 9.61. The lowest BCUT2D eigenvalue weighted by Gasteiger charge is -2.08. The molecule has 4 aromatic carbocycles. The highest BCUT2D eigenvalue weighted by atomic mass is 19.1. The molecule has 232 valence electrons. The van der Waals surface area contributed by atoms with Crippen LogP contribution in [0.25, 0.3) is 0 Å². The number of rotatable bonds is 12. The molecule has 0 aliphatic heterocycles. The Hall–Kier alpha value is -4.86. The lowest BCUT2D eigenvalue weighted by atomic mass is 10.2. The number of halogens is 4. The fourth-order valence-corrected chi connectivity index (χ4v) is 3.64. The van der Waals surface area contributed by atoms with Crippen LogP contribution in [0.2, 0.25) is 0 Å². The van der Waals surface area contributed by atoms with Crippen molar-refractivity contribution in [3.05, 3.63) is 119 Å². The van der Waals surface area contributed by atoms with Crippen molar-refractivity contribution in [2.75, 3.05) is 23.8 Å². The predicted molar refractivity (Wildman–Crippen MR) is 162 cm³/mol. The van der Waals surface area contributed by atoms with Gasteiger partial charge in [0.2, 0.25) is 0 Å². The van der Waals surface area contributed by atoms with Gasteiger partial charge in [-0.25, -0.2) is 17.6 Å².